The second kappa shape index (κ2) is 6.12. The number of urea groups is 1. The number of fused-ring (bicyclic) bond motifs is 1. The Bertz CT molecular complexity index is 722. The Hall–Kier alpha value is -1.82. The number of carbonyl (C=O) groups is 1. The summed E-state index contributed by atoms with van der Waals surface area (Å²) in [5, 5.41) is 3.62. The summed E-state index contributed by atoms with van der Waals surface area (Å²) in [5.74, 6) is 0. The first-order valence-corrected chi connectivity index (χ1v) is 7.53. The molecule has 22 heavy (non-hydrogen) atoms. The van der Waals surface area contributed by atoms with E-state index in [1.54, 1.807) is 35.5 Å². The van der Waals surface area contributed by atoms with Crippen LogP contribution >= 0.6 is 23.2 Å². The summed E-state index contributed by atoms with van der Waals surface area (Å²) >= 11 is 11.8. The highest BCUT2D eigenvalue weighted by Gasteiger charge is 2.28. The van der Waals surface area contributed by atoms with Crippen LogP contribution in [0.5, 0.6) is 0 Å². The van der Waals surface area contributed by atoms with Crippen LogP contribution in [-0.2, 0) is 6.42 Å². The van der Waals surface area contributed by atoms with Crippen LogP contribution in [0.2, 0.25) is 10.0 Å². The van der Waals surface area contributed by atoms with E-state index >= 15 is 0 Å². The van der Waals surface area contributed by atoms with E-state index < -0.39 is 6.17 Å². The lowest BCUT2D eigenvalue weighted by molar-refractivity contribution is 0.184. The molecular weight excluding hydrogens is 323 g/mol. The first-order chi connectivity index (χ1) is 10.6. The predicted octanol–water partition coefficient (Wildman–Crippen LogP) is 3.44. The Labute approximate surface area is 138 Å². The van der Waals surface area contributed by atoms with Crippen molar-refractivity contribution >= 4 is 34.9 Å². The minimum absolute atomic E-state index is 0.270. The number of pyridine rings is 1. The number of rotatable bonds is 1. The standard InChI is InChI=1S/C15H14Cl2N4O/c16-12-2-1-10(7-13(12)17)20-15(22)21-6-4-9-8-19-5-3-11(9)14(21)18/h1-3,5,7-8,14H,4,6,18H2,(H,20,22). The molecule has 1 aromatic carbocycles. The molecule has 2 heterocycles. The molecule has 0 saturated heterocycles. The Kier molecular flexibility index (Phi) is 4.20. The van der Waals surface area contributed by atoms with E-state index in [0.29, 0.717) is 22.3 Å². The summed E-state index contributed by atoms with van der Waals surface area (Å²) in [7, 11) is 0. The van der Waals surface area contributed by atoms with Gasteiger partial charge in [0.25, 0.3) is 0 Å². The lowest BCUT2D eigenvalue weighted by Gasteiger charge is -2.34. The summed E-state index contributed by atoms with van der Waals surface area (Å²) in [5.41, 5.74) is 8.76. The number of carbonyl (C=O) groups excluding carboxylic acids is 1. The van der Waals surface area contributed by atoms with Gasteiger partial charge in [-0.3, -0.25) is 4.98 Å². The zero-order valence-corrected chi connectivity index (χ0v) is 13.1. The third-order valence-corrected chi connectivity index (χ3v) is 4.39. The minimum atomic E-state index is -0.491. The molecule has 114 valence electrons. The molecule has 3 rings (SSSR count). The molecule has 0 bridgehead atoms. The van der Waals surface area contributed by atoms with Crippen molar-refractivity contribution in [2.45, 2.75) is 12.6 Å². The van der Waals surface area contributed by atoms with Gasteiger partial charge in [0.1, 0.15) is 6.17 Å². The average molecular weight is 337 g/mol. The van der Waals surface area contributed by atoms with E-state index in [1.165, 1.54) is 0 Å². The average Bonchev–Trinajstić information content (AvgIpc) is 2.51. The first-order valence-electron chi connectivity index (χ1n) is 6.77. The monoisotopic (exact) mass is 336 g/mol. The third kappa shape index (κ3) is 2.88. The number of nitrogens with one attached hydrogen (secondary N) is 1. The van der Waals surface area contributed by atoms with Gasteiger partial charge in [0.15, 0.2) is 0 Å². The van der Waals surface area contributed by atoms with E-state index in [-0.39, 0.29) is 6.03 Å². The molecule has 1 aliphatic rings. The maximum absolute atomic E-state index is 12.4. The number of benzene rings is 1. The third-order valence-electron chi connectivity index (χ3n) is 3.65. The van der Waals surface area contributed by atoms with Crippen LogP contribution in [0.4, 0.5) is 10.5 Å². The summed E-state index contributed by atoms with van der Waals surface area (Å²) in [6, 6.07) is 6.51. The van der Waals surface area contributed by atoms with Gasteiger partial charge in [0.05, 0.1) is 10.0 Å². The predicted molar refractivity (Wildman–Crippen MR) is 87.1 cm³/mol. The van der Waals surface area contributed by atoms with Gasteiger partial charge in [-0.15, -0.1) is 0 Å². The number of hydrogen-bond acceptors (Lipinski definition) is 3. The van der Waals surface area contributed by atoms with Crippen molar-refractivity contribution in [3.8, 4) is 0 Å². The lowest BCUT2D eigenvalue weighted by atomic mass is 10.00. The van der Waals surface area contributed by atoms with Gasteiger partial charge in [-0.05, 0) is 41.8 Å². The summed E-state index contributed by atoms with van der Waals surface area (Å²) < 4.78 is 0. The van der Waals surface area contributed by atoms with Crippen LogP contribution in [-0.4, -0.2) is 22.5 Å². The smallest absolute Gasteiger partial charge is 0.308 e. The fourth-order valence-electron chi connectivity index (χ4n) is 2.48. The number of aromatic nitrogens is 1. The highest BCUT2D eigenvalue weighted by molar-refractivity contribution is 6.42. The van der Waals surface area contributed by atoms with E-state index in [2.05, 4.69) is 10.3 Å². The van der Waals surface area contributed by atoms with Crippen LogP contribution in [0, 0.1) is 0 Å². The molecule has 7 heteroatoms. The minimum Gasteiger partial charge on any atom is -0.308 e. The zero-order valence-electron chi connectivity index (χ0n) is 11.6. The molecule has 5 nitrogen and oxygen atoms in total. The largest absolute Gasteiger partial charge is 0.323 e. The van der Waals surface area contributed by atoms with Crippen LogP contribution in [0.25, 0.3) is 0 Å². The Morgan fingerprint density at radius 2 is 2.14 bits per heavy atom. The maximum atomic E-state index is 12.4. The number of anilines is 1. The fraction of sp³-hybridized carbons (Fsp3) is 0.200. The van der Waals surface area contributed by atoms with Gasteiger partial charge in [0, 0.05) is 24.6 Å². The summed E-state index contributed by atoms with van der Waals surface area (Å²) in [6.07, 6.45) is 3.71. The summed E-state index contributed by atoms with van der Waals surface area (Å²) in [6.45, 7) is 0.535. The molecule has 0 fully saturated rings. The molecule has 1 atom stereocenters. The molecule has 0 saturated carbocycles. The van der Waals surface area contributed by atoms with E-state index in [1.807, 2.05) is 6.07 Å². The van der Waals surface area contributed by atoms with Crippen LogP contribution in [0.1, 0.15) is 17.3 Å². The molecule has 2 aromatic rings. The second-order valence-corrected chi connectivity index (χ2v) is 5.84. The van der Waals surface area contributed by atoms with Crippen molar-refractivity contribution in [2.75, 3.05) is 11.9 Å². The van der Waals surface area contributed by atoms with Crippen molar-refractivity contribution in [3.05, 3.63) is 57.8 Å². The Morgan fingerprint density at radius 3 is 2.91 bits per heavy atom. The molecule has 1 aliphatic heterocycles. The van der Waals surface area contributed by atoms with Crippen molar-refractivity contribution in [1.29, 1.82) is 0 Å². The topological polar surface area (TPSA) is 71.2 Å². The second-order valence-electron chi connectivity index (χ2n) is 5.02. The van der Waals surface area contributed by atoms with Crippen molar-refractivity contribution < 1.29 is 4.79 Å². The van der Waals surface area contributed by atoms with Crippen LogP contribution in [0.15, 0.2) is 36.7 Å². The Morgan fingerprint density at radius 1 is 1.32 bits per heavy atom. The van der Waals surface area contributed by atoms with Gasteiger partial charge in [-0.25, -0.2) is 4.79 Å². The molecule has 3 N–H and O–H groups in total. The van der Waals surface area contributed by atoms with Gasteiger partial charge >= 0.3 is 6.03 Å². The van der Waals surface area contributed by atoms with Gasteiger partial charge < -0.3 is 16.0 Å². The number of amides is 2. The van der Waals surface area contributed by atoms with Gasteiger partial charge in [0.2, 0.25) is 0 Å². The molecule has 1 unspecified atom stereocenters. The quantitative estimate of drug-likeness (QED) is 0.837. The fourth-order valence-corrected chi connectivity index (χ4v) is 2.78. The summed E-state index contributed by atoms with van der Waals surface area (Å²) in [4.78, 5) is 18.1. The van der Waals surface area contributed by atoms with Gasteiger partial charge in [-0.2, -0.15) is 0 Å². The number of nitrogens with zero attached hydrogens (tertiary/aromatic N) is 2. The number of hydrogen-bond donors (Lipinski definition) is 2. The van der Waals surface area contributed by atoms with Crippen LogP contribution in [0.3, 0.4) is 0 Å². The van der Waals surface area contributed by atoms with E-state index in [4.69, 9.17) is 28.9 Å². The lowest BCUT2D eigenvalue weighted by Crippen LogP contribution is -2.46. The SMILES string of the molecule is NC1c2ccncc2CCN1C(=O)Nc1ccc(Cl)c(Cl)c1. The zero-order chi connectivity index (χ0) is 15.7. The highest BCUT2D eigenvalue weighted by atomic mass is 35.5. The molecular formula is C15H14Cl2N4O. The first kappa shape index (κ1) is 15.1. The van der Waals surface area contributed by atoms with Crippen LogP contribution < -0.4 is 11.1 Å². The van der Waals surface area contributed by atoms with Crippen molar-refractivity contribution in [2.24, 2.45) is 5.73 Å². The van der Waals surface area contributed by atoms with Crippen molar-refractivity contribution in [3.63, 3.8) is 0 Å². The number of halogens is 2. The normalized spacial score (nSPS) is 17.0. The molecule has 2 amide bonds. The van der Waals surface area contributed by atoms with E-state index in [0.717, 1.165) is 17.5 Å². The maximum Gasteiger partial charge on any atom is 0.323 e. The molecule has 1 aromatic heterocycles. The molecule has 0 radical (unpaired) electrons. The molecule has 0 aliphatic carbocycles. The Balaban J connectivity index is 1.77. The molecule has 0 spiro atoms. The number of nitrogens with two attached hydrogens (primary N) is 1. The van der Waals surface area contributed by atoms with Gasteiger partial charge in [-0.1, -0.05) is 23.2 Å². The van der Waals surface area contributed by atoms with E-state index in [9.17, 15) is 4.79 Å². The highest BCUT2D eigenvalue weighted by Crippen LogP contribution is 2.28. The van der Waals surface area contributed by atoms with Crippen molar-refractivity contribution in [1.82, 2.24) is 9.88 Å².